The summed E-state index contributed by atoms with van der Waals surface area (Å²) >= 11 is 0. The third-order valence-electron chi connectivity index (χ3n) is 10.0. The number of hydrogen-bond acceptors (Lipinski definition) is 3. The van der Waals surface area contributed by atoms with Crippen LogP contribution in [0.5, 0.6) is 0 Å². The van der Waals surface area contributed by atoms with Crippen LogP contribution >= 0.6 is 0 Å². The van der Waals surface area contributed by atoms with Crippen LogP contribution in [0.1, 0.15) is 36.6 Å². The van der Waals surface area contributed by atoms with Crippen LogP contribution in [0, 0.1) is 0 Å². The number of aryl methyl sites for hydroxylation is 2. The summed E-state index contributed by atoms with van der Waals surface area (Å²) in [6.07, 6.45) is 4.07. The minimum absolute atomic E-state index is 0.00520. The maximum Gasteiger partial charge on any atom is 0.326 e. The topological polar surface area (TPSA) is 58.9 Å². The summed E-state index contributed by atoms with van der Waals surface area (Å²) in [5, 5.41) is 2.64. The lowest BCUT2D eigenvalue weighted by Gasteiger charge is -2.32. The minimum Gasteiger partial charge on any atom is -0.339 e. The minimum atomic E-state index is 0.00520. The van der Waals surface area contributed by atoms with E-state index in [1.54, 1.807) is 0 Å². The molecule has 45 heavy (non-hydrogen) atoms. The van der Waals surface area contributed by atoms with Crippen LogP contribution in [0.4, 0.5) is 0 Å². The molecule has 9 rings (SSSR count). The molecule has 1 fully saturated rings. The van der Waals surface area contributed by atoms with Gasteiger partial charge in [0.2, 0.25) is 0 Å². The normalized spacial score (nSPS) is 15.8. The number of rotatable bonds is 5. The van der Waals surface area contributed by atoms with E-state index in [2.05, 4.69) is 93.3 Å². The molecule has 5 heterocycles. The lowest BCUT2D eigenvalue weighted by Crippen LogP contribution is -2.36. The molecular weight excluding hydrogens is 554 g/mol. The Morgan fingerprint density at radius 2 is 1.49 bits per heavy atom. The number of likely N-dealkylation sites (tertiary alicyclic amines) is 1. The molecule has 2 aliphatic heterocycles. The molecule has 0 spiro atoms. The van der Waals surface area contributed by atoms with E-state index in [1.807, 2.05) is 28.8 Å². The molecule has 3 aromatic heterocycles. The second kappa shape index (κ2) is 10.6. The van der Waals surface area contributed by atoms with Gasteiger partial charge in [0.1, 0.15) is 0 Å². The summed E-state index contributed by atoms with van der Waals surface area (Å²) in [7, 11) is 0. The predicted octanol–water partition coefficient (Wildman–Crippen LogP) is 7.95. The summed E-state index contributed by atoms with van der Waals surface area (Å²) in [6.45, 7) is 3.90. The Hall–Kier alpha value is -4.94. The molecule has 1 saturated heterocycles. The smallest absolute Gasteiger partial charge is 0.326 e. The van der Waals surface area contributed by atoms with Gasteiger partial charge < -0.3 is 9.55 Å². The Kier molecular flexibility index (Phi) is 6.23. The van der Waals surface area contributed by atoms with Crippen molar-refractivity contribution in [1.82, 2.24) is 24.0 Å². The van der Waals surface area contributed by atoms with Crippen molar-refractivity contribution in [3.63, 3.8) is 0 Å². The average Bonchev–Trinajstić information content (AvgIpc) is 3.61. The summed E-state index contributed by atoms with van der Waals surface area (Å²) in [4.78, 5) is 23.7. The zero-order valence-corrected chi connectivity index (χ0v) is 25.2. The Morgan fingerprint density at radius 1 is 0.756 bits per heavy atom. The number of aromatic nitrogens is 4. The van der Waals surface area contributed by atoms with Gasteiger partial charge in [0.25, 0.3) is 0 Å². The highest BCUT2D eigenvalue weighted by atomic mass is 16.1. The highest BCUT2D eigenvalue weighted by Crippen LogP contribution is 2.44. The van der Waals surface area contributed by atoms with Crippen molar-refractivity contribution in [2.75, 3.05) is 13.1 Å². The van der Waals surface area contributed by atoms with Crippen LogP contribution in [-0.4, -0.2) is 37.1 Å². The van der Waals surface area contributed by atoms with Gasteiger partial charge in [0.15, 0.2) is 0 Å². The monoisotopic (exact) mass is 589 g/mol. The highest BCUT2D eigenvalue weighted by molar-refractivity contribution is 6.18. The molecule has 6 nitrogen and oxygen atoms in total. The van der Waals surface area contributed by atoms with E-state index in [1.165, 1.54) is 44.2 Å². The Morgan fingerprint density at radius 3 is 2.31 bits per heavy atom. The van der Waals surface area contributed by atoms with Crippen molar-refractivity contribution in [1.29, 1.82) is 0 Å². The molecule has 2 aliphatic rings. The van der Waals surface area contributed by atoms with Crippen LogP contribution in [0.25, 0.3) is 55.2 Å². The second-order valence-corrected chi connectivity index (χ2v) is 12.7. The lowest BCUT2D eigenvalue weighted by molar-refractivity contribution is 0.180. The Bertz CT molecular complexity index is 2250. The average molecular weight is 590 g/mol. The molecule has 1 N–H and O–H groups in total. The number of imidazole rings is 1. The number of nitrogens with zero attached hydrogens (tertiary/aromatic N) is 4. The number of piperidine rings is 1. The van der Waals surface area contributed by atoms with E-state index in [0.717, 1.165) is 74.2 Å². The molecule has 0 amide bonds. The number of nitrogens with one attached hydrogen (secondary N) is 1. The van der Waals surface area contributed by atoms with Gasteiger partial charge in [0.05, 0.1) is 27.9 Å². The molecule has 0 saturated carbocycles. The molecule has 0 radical (unpaired) electrons. The summed E-state index contributed by atoms with van der Waals surface area (Å²) in [5.74, 6) is 0. The van der Waals surface area contributed by atoms with Gasteiger partial charge >= 0.3 is 5.69 Å². The number of aromatic amines is 1. The first-order valence-corrected chi connectivity index (χ1v) is 16.2. The molecule has 4 aromatic carbocycles. The van der Waals surface area contributed by atoms with Crippen LogP contribution in [0.3, 0.4) is 0 Å². The predicted molar refractivity (Wildman–Crippen MR) is 183 cm³/mol. The fourth-order valence-corrected chi connectivity index (χ4v) is 7.92. The maximum absolute atomic E-state index is 12.7. The zero-order valence-electron chi connectivity index (χ0n) is 25.2. The second-order valence-electron chi connectivity index (χ2n) is 12.7. The fourth-order valence-electron chi connectivity index (χ4n) is 7.92. The van der Waals surface area contributed by atoms with Crippen molar-refractivity contribution in [2.24, 2.45) is 0 Å². The zero-order chi connectivity index (χ0) is 29.9. The third kappa shape index (κ3) is 4.35. The standard InChI is InChI=1S/C39H35N5O/c45-39-41-31-12-5-7-15-34(31)44(39)29-20-23-42(24-21-29)25-26-16-18-28(19-17-26)37-35(27-9-2-1-3-10-27)36-30-11-4-6-14-33(30)43-22-8-13-32(40-37)38(36)43/h1-7,9-12,14-19,29H,8,13,20-25H2,(H,41,45). The van der Waals surface area contributed by atoms with E-state index in [4.69, 9.17) is 4.98 Å². The first kappa shape index (κ1) is 26.5. The molecule has 0 bridgehead atoms. The van der Waals surface area contributed by atoms with Crippen molar-refractivity contribution >= 4 is 32.8 Å². The first-order chi connectivity index (χ1) is 22.2. The molecular formula is C39H35N5O. The SMILES string of the molecule is O=c1[nH]c2ccccc2n1C1CCN(Cc2ccc(-c3nc4c5c(c3-c3ccccc3)c3ccccc3n5CCC4)cc2)CC1. The van der Waals surface area contributed by atoms with Crippen LogP contribution in [-0.2, 0) is 19.5 Å². The number of hydrogen-bond donors (Lipinski definition) is 1. The maximum atomic E-state index is 12.7. The lowest BCUT2D eigenvalue weighted by atomic mass is 9.92. The van der Waals surface area contributed by atoms with Crippen LogP contribution in [0.2, 0.25) is 0 Å². The van der Waals surface area contributed by atoms with Crippen LogP contribution < -0.4 is 5.69 Å². The third-order valence-corrected chi connectivity index (χ3v) is 10.0. The van der Waals surface area contributed by atoms with Gasteiger partial charge in [-0.2, -0.15) is 0 Å². The highest BCUT2D eigenvalue weighted by Gasteiger charge is 2.26. The molecule has 0 unspecified atom stereocenters. The van der Waals surface area contributed by atoms with E-state index >= 15 is 0 Å². The van der Waals surface area contributed by atoms with Crippen molar-refractivity contribution in [2.45, 2.75) is 44.8 Å². The summed E-state index contributed by atoms with van der Waals surface area (Å²) in [6, 6.07) is 37.0. The first-order valence-electron chi connectivity index (χ1n) is 16.2. The molecule has 6 heteroatoms. The van der Waals surface area contributed by atoms with E-state index < -0.39 is 0 Å². The van der Waals surface area contributed by atoms with Gasteiger partial charge in [-0.25, -0.2) is 9.78 Å². The quantitative estimate of drug-likeness (QED) is 0.222. The van der Waals surface area contributed by atoms with E-state index in [9.17, 15) is 4.79 Å². The molecule has 222 valence electrons. The van der Waals surface area contributed by atoms with Gasteiger partial charge in [-0.3, -0.25) is 9.47 Å². The van der Waals surface area contributed by atoms with Gasteiger partial charge in [-0.05, 0) is 55.0 Å². The Balaban J connectivity index is 1.03. The summed E-state index contributed by atoms with van der Waals surface area (Å²) < 4.78 is 4.47. The number of para-hydroxylation sites is 3. The van der Waals surface area contributed by atoms with Crippen LogP contribution in [0.15, 0.2) is 108 Å². The molecule has 0 atom stereocenters. The Labute approximate surface area is 261 Å². The number of pyridine rings is 1. The summed E-state index contributed by atoms with van der Waals surface area (Å²) in [5.41, 5.74) is 11.7. The molecule has 7 aromatic rings. The van der Waals surface area contributed by atoms with Gasteiger partial charge in [0, 0.05) is 59.6 Å². The van der Waals surface area contributed by atoms with Crippen molar-refractivity contribution in [3.8, 4) is 22.4 Å². The number of H-pyrrole nitrogens is 1. The van der Waals surface area contributed by atoms with Crippen molar-refractivity contribution in [3.05, 3.63) is 125 Å². The molecule has 0 aliphatic carbocycles. The van der Waals surface area contributed by atoms with Gasteiger partial charge in [-0.1, -0.05) is 84.9 Å². The fraction of sp³-hybridized carbons (Fsp3) is 0.231. The van der Waals surface area contributed by atoms with E-state index in [0.29, 0.717) is 0 Å². The number of benzene rings is 4. The van der Waals surface area contributed by atoms with Gasteiger partial charge in [-0.15, -0.1) is 0 Å². The number of fused-ring (bicyclic) bond motifs is 4. The van der Waals surface area contributed by atoms with E-state index in [-0.39, 0.29) is 11.7 Å². The van der Waals surface area contributed by atoms with Crippen molar-refractivity contribution < 1.29 is 0 Å². The largest absolute Gasteiger partial charge is 0.339 e.